The van der Waals surface area contributed by atoms with E-state index in [1.165, 1.54) is 25.2 Å². The zero-order chi connectivity index (χ0) is 18.3. The van der Waals surface area contributed by atoms with Crippen LogP contribution in [0.2, 0.25) is 0 Å². The van der Waals surface area contributed by atoms with Gasteiger partial charge >= 0.3 is 0 Å². The molecule has 2 aromatic carbocycles. The van der Waals surface area contributed by atoms with E-state index >= 15 is 0 Å². The van der Waals surface area contributed by atoms with Gasteiger partial charge in [-0.25, -0.2) is 0 Å². The zero-order valence-corrected chi connectivity index (χ0v) is 14.4. The fourth-order valence-corrected chi connectivity index (χ4v) is 3.24. The Morgan fingerprint density at radius 2 is 1.77 bits per heavy atom. The standard InChI is InChI=1S/C18H12N4O3S/c1-22-16(24)12-8-7-11(9-13(12)17(22)25)15(23)20-18-19-14(21-26-18)10-5-3-2-4-6-10/h2-9H,1H3,(H,19,20,21,23). The minimum absolute atomic E-state index is 0.229. The van der Waals surface area contributed by atoms with E-state index in [-0.39, 0.29) is 17.0 Å². The van der Waals surface area contributed by atoms with Crippen molar-refractivity contribution in [2.45, 2.75) is 0 Å². The molecule has 3 aromatic rings. The van der Waals surface area contributed by atoms with Crippen LogP contribution < -0.4 is 5.32 Å². The Labute approximate surface area is 152 Å². The number of fused-ring (bicyclic) bond motifs is 1. The van der Waals surface area contributed by atoms with Gasteiger partial charge in [0.2, 0.25) is 5.13 Å². The second kappa shape index (κ2) is 6.16. The number of hydrogen-bond acceptors (Lipinski definition) is 6. The van der Waals surface area contributed by atoms with Gasteiger partial charge in [0.1, 0.15) is 0 Å². The van der Waals surface area contributed by atoms with E-state index in [0.717, 1.165) is 22.0 Å². The molecule has 128 valence electrons. The van der Waals surface area contributed by atoms with Crippen LogP contribution in [-0.2, 0) is 0 Å². The molecule has 7 nitrogen and oxygen atoms in total. The summed E-state index contributed by atoms with van der Waals surface area (Å²) in [5.41, 5.74) is 1.66. The Balaban J connectivity index is 1.56. The van der Waals surface area contributed by atoms with Gasteiger partial charge in [0.05, 0.1) is 11.1 Å². The van der Waals surface area contributed by atoms with Gasteiger partial charge in [0.15, 0.2) is 5.82 Å². The first kappa shape index (κ1) is 16.1. The second-order valence-electron chi connectivity index (χ2n) is 5.67. The molecule has 26 heavy (non-hydrogen) atoms. The van der Waals surface area contributed by atoms with Crippen molar-refractivity contribution in [3.05, 3.63) is 65.2 Å². The van der Waals surface area contributed by atoms with Crippen molar-refractivity contribution in [3.63, 3.8) is 0 Å². The molecule has 0 saturated carbocycles. The maximum absolute atomic E-state index is 12.4. The van der Waals surface area contributed by atoms with Gasteiger partial charge in [-0.2, -0.15) is 9.36 Å². The van der Waals surface area contributed by atoms with E-state index in [9.17, 15) is 14.4 Å². The van der Waals surface area contributed by atoms with Gasteiger partial charge < -0.3 is 0 Å². The van der Waals surface area contributed by atoms with Crippen molar-refractivity contribution < 1.29 is 14.4 Å². The van der Waals surface area contributed by atoms with Crippen LogP contribution in [0.5, 0.6) is 0 Å². The number of carbonyl (C=O) groups is 3. The van der Waals surface area contributed by atoms with Crippen LogP contribution >= 0.6 is 11.5 Å². The number of aromatic nitrogens is 2. The average molecular weight is 364 g/mol. The van der Waals surface area contributed by atoms with Gasteiger partial charge in [-0.15, -0.1) is 0 Å². The summed E-state index contributed by atoms with van der Waals surface area (Å²) in [5.74, 6) is -0.670. The summed E-state index contributed by atoms with van der Waals surface area (Å²) < 4.78 is 4.23. The van der Waals surface area contributed by atoms with Gasteiger partial charge in [-0.3, -0.25) is 24.6 Å². The highest BCUT2D eigenvalue weighted by molar-refractivity contribution is 7.10. The average Bonchev–Trinajstić information content (AvgIpc) is 3.22. The lowest BCUT2D eigenvalue weighted by Gasteiger charge is -2.03. The maximum Gasteiger partial charge on any atom is 0.261 e. The van der Waals surface area contributed by atoms with E-state index in [2.05, 4.69) is 14.7 Å². The molecule has 1 aliphatic heterocycles. The van der Waals surface area contributed by atoms with E-state index in [1.54, 1.807) is 0 Å². The highest BCUT2D eigenvalue weighted by Gasteiger charge is 2.33. The summed E-state index contributed by atoms with van der Waals surface area (Å²) >= 11 is 1.07. The predicted molar refractivity (Wildman–Crippen MR) is 96.2 cm³/mol. The lowest BCUT2D eigenvalue weighted by atomic mass is 10.1. The van der Waals surface area contributed by atoms with Gasteiger partial charge in [-0.05, 0) is 18.2 Å². The van der Waals surface area contributed by atoms with Crippen LogP contribution in [0.15, 0.2) is 48.5 Å². The quantitative estimate of drug-likeness (QED) is 0.722. The zero-order valence-electron chi connectivity index (χ0n) is 13.6. The van der Waals surface area contributed by atoms with Crippen LogP contribution in [0.3, 0.4) is 0 Å². The highest BCUT2D eigenvalue weighted by Crippen LogP contribution is 2.24. The number of hydrogen-bond donors (Lipinski definition) is 1. The Kier molecular flexibility index (Phi) is 3.81. The molecule has 8 heteroatoms. The molecular formula is C18H12N4O3S. The molecular weight excluding hydrogens is 352 g/mol. The van der Waals surface area contributed by atoms with E-state index in [1.807, 2.05) is 30.3 Å². The van der Waals surface area contributed by atoms with Crippen molar-refractivity contribution in [3.8, 4) is 11.4 Å². The van der Waals surface area contributed by atoms with Crippen LogP contribution in [0.1, 0.15) is 31.1 Å². The van der Waals surface area contributed by atoms with E-state index in [4.69, 9.17) is 0 Å². The minimum Gasteiger partial charge on any atom is -0.297 e. The molecule has 0 saturated heterocycles. The van der Waals surface area contributed by atoms with E-state index < -0.39 is 11.8 Å². The minimum atomic E-state index is -0.418. The third-order valence-corrected chi connectivity index (χ3v) is 4.66. The molecule has 1 aliphatic rings. The number of nitrogens with one attached hydrogen (secondary N) is 1. The van der Waals surface area contributed by atoms with Crippen molar-refractivity contribution in [1.82, 2.24) is 14.3 Å². The molecule has 1 aromatic heterocycles. The first-order valence-electron chi connectivity index (χ1n) is 7.71. The highest BCUT2D eigenvalue weighted by atomic mass is 32.1. The Bertz CT molecular complexity index is 1050. The number of benzene rings is 2. The predicted octanol–water partition coefficient (Wildman–Crippen LogP) is 2.68. The molecule has 2 heterocycles. The molecule has 0 atom stereocenters. The first-order chi connectivity index (χ1) is 12.5. The molecule has 0 fully saturated rings. The largest absolute Gasteiger partial charge is 0.297 e. The molecule has 0 unspecified atom stereocenters. The molecule has 0 bridgehead atoms. The Hall–Kier alpha value is -3.39. The van der Waals surface area contributed by atoms with Crippen molar-refractivity contribution in [2.24, 2.45) is 0 Å². The summed E-state index contributed by atoms with van der Waals surface area (Å²) in [6.45, 7) is 0. The first-order valence-corrected chi connectivity index (χ1v) is 8.49. The molecule has 1 N–H and O–H groups in total. The fourth-order valence-electron chi connectivity index (χ4n) is 2.65. The van der Waals surface area contributed by atoms with Crippen LogP contribution in [0.25, 0.3) is 11.4 Å². The molecule has 3 amide bonds. The number of nitrogens with zero attached hydrogens (tertiary/aromatic N) is 3. The number of rotatable bonds is 3. The monoisotopic (exact) mass is 364 g/mol. The lowest BCUT2D eigenvalue weighted by Crippen LogP contribution is -2.24. The van der Waals surface area contributed by atoms with Gasteiger partial charge in [0.25, 0.3) is 17.7 Å². The topological polar surface area (TPSA) is 92.3 Å². The van der Waals surface area contributed by atoms with Gasteiger partial charge in [-0.1, -0.05) is 30.3 Å². The third-order valence-electron chi connectivity index (χ3n) is 4.03. The molecule has 4 rings (SSSR count). The smallest absolute Gasteiger partial charge is 0.261 e. The maximum atomic E-state index is 12.4. The second-order valence-corrected chi connectivity index (χ2v) is 6.42. The Morgan fingerprint density at radius 3 is 2.54 bits per heavy atom. The number of imide groups is 1. The van der Waals surface area contributed by atoms with Crippen molar-refractivity contribution >= 4 is 34.4 Å². The van der Waals surface area contributed by atoms with Crippen LogP contribution in [0.4, 0.5) is 5.13 Å². The summed E-state index contributed by atoms with van der Waals surface area (Å²) in [7, 11) is 1.41. The normalized spacial score (nSPS) is 13.0. The lowest BCUT2D eigenvalue weighted by molar-refractivity contribution is 0.0693. The molecule has 0 radical (unpaired) electrons. The van der Waals surface area contributed by atoms with Crippen molar-refractivity contribution in [1.29, 1.82) is 0 Å². The fraction of sp³-hybridized carbons (Fsp3) is 0.0556. The number of amides is 3. The number of carbonyl (C=O) groups excluding carboxylic acids is 3. The summed E-state index contributed by atoms with van der Waals surface area (Å²) in [6.07, 6.45) is 0. The van der Waals surface area contributed by atoms with Gasteiger partial charge in [0, 0.05) is 29.7 Å². The summed E-state index contributed by atoms with van der Waals surface area (Å²) in [4.78, 5) is 41.7. The molecule has 0 spiro atoms. The summed E-state index contributed by atoms with van der Waals surface area (Å²) in [6, 6.07) is 13.9. The van der Waals surface area contributed by atoms with Crippen LogP contribution in [-0.4, -0.2) is 39.0 Å². The Morgan fingerprint density at radius 1 is 1.04 bits per heavy atom. The third kappa shape index (κ3) is 2.66. The number of anilines is 1. The summed E-state index contributed by atoms with van der Waals surface area (Å²) in [5, 5.41) is 3.03. The SMILES string of the molecule is CN1C(=O)c2ccc(C(=O)Nc3nc(-c4ccccc4)ns3)cc2C1=O. The molecule has 0 aliphatic carbocycles. The van der Waals surface area contributed by atoms with Crippen molar-refractivity contribution in [2.75, 3.05) is 12.4 Å². The van der Waals surface area contributed by atoms with E-state index in [0.29, 0.717) is 16.5 Å². The van der Waals surface area contributed by atoms with Crippen LogP contribution in [0, 0.1) is 0 Å².